The second-order valence-corrected chi connectivity index (χ2v) is 6.94. The molecule has 2 atom stereocenters. The van der Waals surface area contributed by atoms with Gasteiger partial charge in [-0.15, -0.1) is 0 Å². The van der Waals surface area contributed by atoms with Gasteiger partial charge in [0.1, 0.15) is 5.60 Å². The van der Waals surface area contributed by atoms with Crippen LogP contribution in [0, 0.1) is 11.7 Å². The van der Waals surface area contributed by atoms with Crippen LogP contribution in [-0.4, -0.2) is 46.5 Å². The highest BCUT2D eigenvalue weighted by Crippen LogP contribution is 2.39. The molecule has 1 aliphatic heterocycles. The number of carbonyl (C=O) groups excluding carboxylic acids is 1. The lowest BCUT2D eigenvalue weighted by atomic mass is 9.86. The van der Waals surface area contributed by atoms with Crippen LogP contribution in [0.15, 0.2) is 18.2 Å². The van der Waals surface area contributed by atoms with Crippen LogP contribution >= 0.6 is 0 Å². The summed E-state index contributed by atoms with van der Waals surface area (Å²) in [7, 11) is 0. The summed E-state index contributed by atoms with van der Waals surface area (Å²) in [6.07, 6.45) is 0.0405. The smallest absolute Gasteiger partial charge is 0.410 e. The van der Waals surface area contributed by atoms with Crippen LogP contribution < -0.4 is 0 Å². The Morgan fingerprint density at radius 3 is 2.70 bits per heavy atom. The Bertz CT molecular complexity index is 570. The van der Waals surface area contributed by atoms with Gasteiger partial charge in [-0.25, -0.2) is 9.18 Å². The molecular weight excluding hydrogens is 301 g/mol. The van der Waals surface area contributed by atoms with Crippen LogP contribution in [0.25, 0.3) is 0 Å². The third kappa shape index (κ3) is 4.13. The number of amides is 1. The number of hydrogen-bond donors (Lipinski definition) is 2. The van der Waals surface area contributed by atoms with Gasteiger partial charge >= 0.3 is 6.09 Å². The third-order valence-electron chi connectivity index (χ3n) is 4.01. The average molecular weight is 325 g/mol. The van der Waals surface area contributed by atoms with Gasteiger partial charge in [-0.2, -0.15) is 0 Å². The van der Waals surface area contributed by atoms with Gasteiger partial charge in [-0.1, -0.05) is 12.1 Å². The Kier molecular flexibility index (Phi) is 5.14. The third-order valence-corrected chi connectivity index (χ3v) is 4.01. The zero-order chi connectivity index (χ0) is 17.2. The lowest BCUT2D eigenvalue weighted by Crippen LogP contribution is -2.35. The first-order valence-corrected chi connectivity index (χ1v) is 7.79. The molecule has 0 aromatic heterocycles. The lowest BCUT2D eigenvalue weighted by Gasteiger charge is -2.24. The fourth-order valence-electron chi connectivity index (χ4n) is 2.99. The van der Waals surface area contributed by atoms with E-state index in [0.29, 0.717) is 25.1 Å². The van der Waals surface area contributed by atoms with E-state index < -0.39 is 17.5 Å². The molecule has 1 heterocycles. The molecule has 2 N–H and O–H groups in total. The molecule has 1 saturated heterocycles. The molecule has 0 aliphatic carbocycles. The molecule has 1 aromatic carbocycles. The molecule has 6 heteroatoms. The highest BCUT2D eigenvalue weighted by Gasteiger charge is 2.38. The van der Waals surface area contributed by atoms with Gasteiger partial charge in [0.15, 0.2) is 11.6 Å². The number of benzene rings is 1. The molecule has 2 rings (SSSR count). The Morgan fingerprint density at radius 1 is 1.39 bits per heavy atom. The van der Waals surface area contributed by atoms with E-state index in [9.17, 15) is 19.4 Å². The Labute approximate surface area is 135 Å². The predicted molar refractivity (Wildman–Crippen MR) is 83.8 cm³/mol. The molecule has 1 amide bonds. The minimum Gasteiger partial charge on any atom is -0.505 e. The summed E-state index contributed by atoms with van der Waals surface area (Å²) >= 11 is 0. The first-order valence-electron chi connectivity index (χ1n) is 7.79. The van der Waals surface area contributed by atoms with Crippen molar-refractivity contribution in [1.29, 1.82) is 0 Å². The zero-order valence-corrected chi connectivity index (χ0v) is 13.8. The molecule has 0 bridgehead atoms. The normalized spacial score (nSPS) is 21.5. The largest absolute Gasteiger partial charge is 0.505 e. The second-order valence-electron chi connectivity index (χ2n) is 6.94. The van der Waals surface area contributed by atoms with Crippen LogP contribution in [0.3, 0.4) is 0 Å². The number of para-hydroxylation sites is 1. The maximum absolute atomic E-state index is 13.6. The summed E-state index contributed by atoms with van der Waals surface area (Å²) in [5.41, 5.74) is -0.127. The average Bonchev–Trinajstić information content (AvgIpc) is 2.84. The van der Waals surface area contributed by atoms with Crippen LogP contribution in [0.5, 0.6) is 5.75 Å². The van der Waals surface area contributed by atoms with Crippen molar-refractivity contribution in [3.8, 4) is 5.75 Å². The molecule has 128 valence electrons. The number of aromatic hydroxyl groups is 1. The first-order chi connectivity index (χ1) is 10.7. The molecule has 5 nitrogen and oxygen atoms in total. The highest BCUT2D eigenvalue weighted by molar-refractivity contribution is 5.69. The molecule has 1 aliphatic rings. The number of hydrogen-bond acceptors (Lipinski definition) is 4. The number of halogens is 1. The van der Waals surface area contributed by atoms with Crippen molar-refractivity contribution in [2.45, 2.75) is 38.7 Å². The maximum Gasteiger partial charge on any atom is 0.410 e. The Balaban J connectivity index is 2.21. The number of aliphatic hydroxyl groups is 1. The molecule has 0 radical (unpaired) electrons. The number of phenols is 1. The minimum atomic E-state index is -0.680. The zero-order valence-electron chi connectivity index (χ0n) is 13.8. The predicted octanol–water partition coefficient (Wildman–Crippen LogP) is 2.86. The summed E-state index contributed by atoms with van der Waals surface area (Å²) in [6.45, 7) is 6.10. The number of ether oxygens (including phenoxy) is 1. The fraction of sp³-hybridized carbons (Fsp3) is 0.588. The number of carbonyl (C=O) groups is 1. The number of rotatable bonds is 3. The summed E-state index contributed by atoms with van der Waals surface area (Å²) in [5.74, 6) is -1.35. The summed E-state index contributed by atoms with van der Waals surface area (Å²) in [6, 6.07) is 4.39. The quantitative estimate of drug-likeness (QED) is 0.896. The van der Waals surface area contributed by atoms with E-state index in [4.69, 9.17) is 4.74 Å². The maximum atomic E-state index is 13.6. The van der Waals surface area contributed by atoms with Crippen molar-refractivity contribution < 1.29 is 24.1 Å². The van der Waals surface area contributed by atoms with Gasteiger partial charge in [-0.3, -0.25) is 0 Å². The van der Waals surface area contributed by atoms with Crippen molar-refractivity contribution >= 4 is 6.09 Å². The van der Waals surface area contributed by atoms with E-state index in [2.05, 4.69) is 0 Å². The Morgan fingerprint density at radius 2 is 2.09 bits per heavy atom. The van der Waals surface area contributed by atoms with Crippen molar-refractivity contribution in [2.24, 2.45) is 5.92 Å². The monoisotopic (exact) mass is 325 g/mol. The van der Waals surface area contributed by atoms with Gasteiger partial charge in [0.25, 0.3) is 0 Å². The van der Waals surface area contributed by atoms with Gasteiger partial charge in [0, 0.05) is 31.2 Å². The van der Waals surface area contributed by atoms with Gasteiger partial charge in [-0.05, 0) is 39.2 Å². The number of aliphatic hydroxyl groups excluding tert-OH is 1. The molecule has 1 aromatic rings. The molecule has 2 unspecified atom stereocenters. The molecule has 23 heavy (non-hydrogen) atoms. The van der Waals surface area contributed by atoms with Crippen molar-refractivity contribution in [2.75, 3.05) is 19.7 Å². The van der Waals surface area contributed by atoms with E-state index in [1.807, 2.05) is 0 Å². The van der Waals surface area contributed by atoms with Gasteiger partial charge in [0.2, 0.25) is 0 Å². The van der Waals surface area contributed by atoms with Crippen LogP contribution in [-0.2, 0) is 4.74 Å². The molecular formula is C17H24FNO4. The number of phenolic OH excluding ortho intramolecular Hbond substituents is 1. The molecule has 0 saturated carbocycles. The highest BCUT2D eigenvalue weighted by atomic mass is 19.1. The number of likely N-dealkylation sites (tertiary alicyclic amines) is 1. The van der Waals surface area contributed by atoms with Gasteiger partial charge < -0.3 is 19.8 Å². The second kappa shape index (κ2) is 6.74. The van der Waals surface area contributed by atoms with Gasteiger partial charge in [0.05, 0.1) is 0 Å². The SMILES string of the molecule is CC(C)(C)OC(=O)N1CC(CCO)C(c2cccc(F)c2O)C1. The first kappa shape index (κ1) is 17.5. The van der Waals surface area contributed by atoms with Crippen LogP contribution in [0.2, 0.25) is 0 Å². The number of nitrogens with zero attached hydrogens (tertiary/aromatic N) is 1. The van der Waals surface area contributed by atoms with E-state index >= 15 is 0 Å². The van der Waals surface area contributed by atoms with Crippen molar-refractivity contribution in [1.82, 2.24) is 4.90 Å². The fourth-order valence-corrected chi connectivity index (χ4v) is 2.99. The van der Waals surface area contributed by atoms with Crippen molar-refractivity contribution in [3.63, 3.8) is 0 Å². The standard InChI is InChI=1S/C17H24FNO4/c1-17(2,3)23-16(22)19-9-11(7-8-20)13(10-19)12-5-4-6-14(18)15(12)21/h4-6,11,13,20-21H,7-10H2,1-3H3. The summed E-state index contributed by atoms with van der Waals surface area (Å²) in [4.78, 5) is 13.8. The van der Waals surface area contributed by atoms with E-state index in [0.717, 1.165) is 0 Å². The minimum absolute atomic E-state index is 0.0284. The molecule has 0 spiro atoms. The van der Waals surface area contributed by atoms with E-state index in [1.165, 1.54) is 12.1 Å². The topological polar surface area (TPSA) is 70.0 Å². The van der Waals surface area contributed by atoms with Crippen LogP contribution in [0.1, 0.15) is 38.7 Å². The van der Waals surface area contributed by atoms with Crippen LogP contribution in [0.4, 0.5) is 9.18 Å². The van der Waals surface area contributed by atoms with E-state index in [1.54, 1.807) is 31.7 Å². The molecule has 1 fully saturated rings. The summed E-state index contributed by atoms with van der Waals surface area (Å²) in [5, 5.41) is 19.2. The van der Waals surface area contributed by atoms with Crippen molar-refractivity contribution in [3.05, 3.63) is 29.6 Å². The summed E-state index contributed by atoms with van der Waals surface area (Å²) < 4.78 is 19.0. The Hall–Kier alpha value is -1.82. The van der Waals surface area contributed by atoms with E-state index in [-0.39, 0.29) is 24.2 Å². The lowest BCUT2D eigenvalue weighted by molar-refractivity contribution is 0.0284.